The lowest BCUT2D eigenvalue weighted by molar-refractivity contribution is -0.131. The first-order valence-electron chi connectivity index (χ1n) is 7.73. The molecular formula is C19H18N2O5. The third-order valence-electron chi connectivity index (χ3n) is 3.10. The molecule has 0 aliphatic rings. The van der Waals surface area contributed by atoms with Crippen molar-refractivity contribution < 1.29 is 23.5 Å². The Hall–Kier alpha value is -3.61. The molecule has 2 amide bonds. The van der Waals surface area contributed by atoms with Crippen LogP contribution in [0.15, 0.2) is 65.4 Å². The SMILES string of the molecule is C=CCNC(=O)/C(=C/c1ccc(OC(C)=O)cc1)NC(=O)c1ccco1. The summed E-state index contributed by atoms with van der Waals surface area (Å²) < 4.78 is 9.98. The van der Waals surface area contributed by atoms with E-state index < -0.39 is 17.8 Å². The van der Waals surface area contributed by atoms with Gasteiger partial charge in [0.25, 0.3) is 11.8 Å². The summed E-state index contributed by atoms with van der Waals surface area (Å²) in [4.78, 5) is 35.4. The molecule has 1 heterocycles. The van der Waals surface area contributed by atoms with Crippen molar-refractivity contribution in [1.29, 1.82) is 0 Å². The maximum atomic E-state index is 12.3. The minimum Gasteiger partial charge on any atom is -0.459 e. The average Bonchev–Trinajstić information content (AvgIpc) is 3.15. The van der Waals surface area contributed by atoms with Gasteiger partial charge in [0.1, 0.15) is 11.4 Å². The number of carbonyl (C=O) groups excluding carboxylic acids is 3. The molecule has 0 aliphatic heterocycles. The molecule has 0 spiro atoms. The number of hydrogen-bond acceptors (Lipinski definition) is 5. The molecule has 7 nitrogen and oxygen atoms in total. The zero-order valence-electron chi connectivity index (χ0n) is 14.2. The fraction of sp³-hybridized carbons (Fsp3) is 0.105. The summed E-state index contributed by atoms with van der Waals surface area (Å²) in [5.74, 6) is -0.992. The highest BCUT2D eigenvalue weighted by Gasteiger charge is 2.15. The molecular weight excluding hydrogens is 336 g/mol. The summed E-state index contributed by atoms with van der Waals surface area (Å²) >= 11 is 0. The maximum absolute atomic E-state index is 12.3. The van der Waals surface area contributed by atoms with Gasteiger partial charge in [-0.15, -0.1) is 6.58 Å². The van der Waals surface area contributed by atoms with Crippen LogP contribution in [0.3, 0.4) is 0 Å². The molecule has 2 aromatic rings. The summed E-state index contributed by atoms with van der Waals surface area (Å²) in [6, 6.07) is 9.53. The van der Waals surface area contributed by atoms with Crippen LogP contribution in [0.25, 0.3) is 6.08 Å². The van der Waals surface area contributed by atoms with Gasteiger partial charge >= 0.3 is 5.97 Å². The molecule has 7 heteroatoms. The van der Waals surface area contributed by atoms with E-state index in [-0.39, 0.29) is 18.0 Å². The first kappa shape index (κ1) is 18.7. The van der Waals surface area contributed by atoms with E-state index in [1.54, 1.807) is 30.3 Å². The largest absolute Gasteiger partial charge is 0.459 e. The highest BCUT2D eigenvalue weighted by molar-refractivity contribution is 6.04. The van der Waals surface area contributed by atoms with Crippen LogP contribution in [0.5, 0.6) is 5.75 Å². The maximum Gasteiger partial charge on any atom is 0.308 e. The number of hydrogen-bond donors (Lipinski definition) is 2. The summed E-state index contributed by atoms with van der Waals surface area (Å²) in [7, 11) is 0. The summed E-state index contributed by atoms with van der Waals surface area (Å²) in [5, 5.41) is 5.12. The van der Waals surface area contributed by atoms with Crippen LogP contribution in [0.4, 0.5) is 0 Å². The highest BCUT2D eigenvalue weighted by atomic mass is 16.5. The minimum absolute atomic E-state index is 0.0356. The fourth-order valence-electron chi connectivity index (χ4n) is 1.97. The van der Waals surface area contributed by atoms with Gasteiger partial charge in [-0.1, -0.05) is 18.2 Å². The summed E-state index contributed by atoms with van der Waals surface area (Å²) in [6.07, 6.45) is 4.39. The Kier molecular flexibility index (Phi) is 6.50. The predicted molar refractivity (Wildman–Crippen MR) is 95.1 cm³/mol. The first-order chi connectivity index (χ1) is 12.5. The Labute approximate surface area is 150 Å². The molecule has 0 saturated heterocycles. The highest BCUT2D eigenvalue weighted by Crippen LogP contribution is 2.15. The van der Waals surface area contributed by atoms with E-state index in [4.69, 9.17) is 9.15 Å². The lowest BCUT2D eigenvalue weighted by atomic mass is 10.1. The smallest absolute Gasteiger partial charge is 0.308 e. The van der Waals surface area contributed by atoms with Crippen LogP contribution < -0.4 is 15.4 Å². The Bertz CT molecular complexity index is 820. The van der Waals surface area contributed by atoms with Crippen molar-refractivity contribution in [2.24, 2.45) is 0 Å². The van der Waals surface area contributed by atoms with Crippen molar-refractivity contribution in [2.75, 3.05) is 6.54 Å². The standard InChI is InChI=1S/C19H18N2O5/c1-3-10-20-18(23)16(21-19(24)17-5-4-11-25-17)12-14-6-8-15(9-7-14)26-13(2)22/h3-9,11-12H,1,10H2,2H3,(H,20,23)(H,21,24)/b16-12-. The molecule has 0 unspecified atom stereocenters. The van der Waals surface area contributed by atoms with E-state index >= 15 is 0 Å². The van der Waals surface area contributed by atoms with Crippen molar-refractivity contribution >= 4 is 23.9 Å². The van der Waals surface area contributed by atoms with Gasteiger partial charge in [0.15, 0.2) is 5.76 Å². The van der Waals surface area contributed by atoms with Gasteiger partial charge in [-0.25, -0.2) is 0 Å². The monoisotopic (exact) mass is 354 g/mol. The van der Waals surface area contributed by atoms with E-state index in [1.165, 1.54) is 31.4 Å². The summed E-state index contributed by atoms with van der Waals surface area (Å²) in [5.41, 5.74) is 0.665. The fourth-order valence-corrected chi connectivity index (χ4v) is 1.97. The Morgan fingerprint density at radius 1 is 1.19 bits per heavy atom. The summed E-state index contributed by atoms with van der Waals surface area (Å²) in [6.45, 7) is 5.09. The van der Waals surface area contributed by atoms with Crippen molar-refractivity contribution in [3.05, 3.63) is 72.3 Å². The van der Waals surface area contributed by atoms with Crippen LogP contribution in [-0.2, 0) is 9.59 Å². The van der Waals surface area contributed by atoms with Crippen LogP contribution >= 0.6 is 0 Å². The van der Waals surface area contributed by atoms with E-state index in [0.717, 1.165) is 0 Å². The van der Waals surface area contributed by atoms with Crippen LogP contribution in [0, 0.1) is 0 Å². The lowest BCUT2D eigenvalue weighted by Crippen LogP contribution is -2.34. The number of benzene rings is 1. The number of esters is 1. The zero-order chi connectivity index (χ0) is 18.9. The number of nitrogens with one attached hydrogen (secondary N) is 2. The van der Waals surface area contributed by atoms with Gasteiger partial charge in [0.2, 0.25) is 0 Å². The van der Waals surface area contributed by atoms with E-state index in [1.807, 2.05) is 0 Å². The molecule has 26 heavy (non-hydrogen) atoms. The van der Waals surface area contributed by atoms with Gasteiger partial charge in [0.05, 0.1) is 6.26 Å². The Morgan fingerprint density at radius 2 is 1.92 bits per heavy atom. The minimum atomic E-state index is -0.550. The Morgan fingerprint density at radius 3 is 2.50 bits per heavy atom. The Balaban J connectivity index is 2.22. The van der Waals surface area contributed by atoms with Crippen molar-refractivity contribution in [2.45, 2.75) is 6.92 Å². The number of rotatable bonds is 7. The van der Waals surface area contributed by atoms with E-state index in [2.05, 4.69) is 17.2 Å². The van der Waals surface area contributed by atoms with E-state index in [0.29, 0.717) is 11.3 Å². The molecule has 134 valence electrons. The quantitative estimate of drug-likeness (QED) is 0.344. The zero-order valence-corrected chi connectivity index (χ0v) is 14.2. The number of ether oxygens (including phenoxy) is 1. The predicted octanol–water partition coefficient (Wildman–Crippen LogP) is 2.28. The second kappa shape index (κ2) is 9.03. The molecule has 0 saturated carbocycles. The van der Waals surface area contributed by atoms with E-state index in [9.17, 15) is 14.4 Å². The molecule has 0 atom stereocenters. The molecule has 0 fully saturated rings. The molecule has 0 aliphatic carbocycles. The van der Waals surface area contributed by atoms with Crippen molar-refractivity contribution in [3.8, 4) is 5.75 Å². The van der Waals surface area contributed by atoms with Gasteiger partial charge in [-0.05, 0) is 35.9 Å². The van der Waals surface area contributed by atoms with Gasteiger partial charge < -0.3 is 19.8 Å². The average molecular weight is 354 g/mol. The second-order valence-corrected chi connectivity index (χ2v) is 5.15. The molecule has 1 aromatic carbocycles. The number of carbonyl (C=O) groups is 3. The third kappa shape index (κ3) is 5.48. The molecule has 0 bridgehead atoms. The topological polar surface area (TPSA) is 97.6 Å². The third-order valence-corrected chi connectivity index (χ3v) is 3.10. The first-order valence-corrected chi connectivity index (χ1v) is 7.73. The van der Waals surface area contributed by atoms with Gasteiger partial charge in [-0.2, -0.15) is 0 Å². The van der Waals surface area contributed by atoms with Crippen molar-refractivity contribution in [3.63, 3.8) is 0 Å². The lowest BCUT2D eigenvalue weighted by Gasteiger charge is -2.09. The van der Waals surface area contributed by atoms with Gasteiger partial charge in [-0.3, -0.25) is 14.4 Å². The van der Waals surface area contributed by atoms with Gasteiger partial charge in [0, 0.05) is 13.5 Å². The van der Waals surface area contributed by atoms with Crippen LogP contribution in [-0.4, -0.2) is 24.3 Å². The molecule has 1 aromatic heterocycles. The number of furan rings is 1. The normalized spacial score (nSPS) is 10.7. The van der Waals surface area contributed by atoms with Crippen molar-refractivity contribution in [1.82, 2.24) is 10.6 Å². The molecule has 0 radical (unpaired) electrons. The second-order valence-electron chi connectivity index (χ2n) is 5.15. The number of amides is 2. The molecule has 2 rings (SSSR count). The molecule has 2 N–H and O–H groups in total. The van der Waals surface area contributed by atoms with Crippen LogP contribution in [0.1, 0.15) is 23.0 Å². The van der Waals surface area contributed by atoms with Crippen LogP contribution in [0.2, 0.25) is 0 Å².